The summed E-state index contributed by atoms with van der Waals surface area (Å²) in [6.45, 7) is 0. The molecule has 9 heteroatoms. The minimum absolute atomic E-state index is 0.0272. The van der Waals surface area contributed by atoms with Gasteiger partial charge in [0.2, 0.25) is 0 Å². The summed E-state index contributed by atoms with van der Waals surface area (Å²) >= 11 is 6.07. The van der Waals surface area contributed by atoms with Crippen LogP contribution in [0.15, 0.2) is 41.5 Å². The van der Waals surface area contributed by atoms with E-state index in [1.54, 1.807) is 0 Å². The van der Waals surface area contributed by atoms with Crippen LogP contribution in [0.3, 0.4) is 0 Å². The molecule has 1 amide bonds. The molecule has 128 valence electrons. The molecule has 0 radical (unpaired) electrons. The largest absolute Gasteiger partial charge is 0.453 e. The summed E-state index contributed by atoms with van der Waals surface area (Å²) in [5.74, 6) is -1.11. The molecule has 2 aromatic carbocycles. The van der Waals surface area contributed by atoms with Gasteiger partial charge in [0.15, 0.2) is 17.3 Å². The lowest BCUT2D eigenvalue weighted by atomic mass is 10.2. The van der Waals surface area contributed by atoms with Gasteiger partial charge in [-0.05, 0) is 24.3 Å². The van der Waals surface area contributed by atoms with E-state index in [1.807, 2.05) is 0 Å². The van der Waals surface area contributed by atoms with Crippen LogP contribution in [0.25, 0.3) is 10.9 Å². The summed E-state index contributed by atoms with van der Waals surface area (Å²) in [7, 11) is 1.46. The number of aryl methyl sites for hydroxylation is 1. The van der Waals surface area contributed by atoms with Crippen LogP contribution < -0.4 is 20.8 Å². The fourth-order valence-corrected chi connectivity index (χ4v) is 2.39. The summed E-state index contributed by atoms with van der Waals surface area (Å²) in [5, 5.41) is -0.275. The Balaban J connectivity index is 2.07. The highest BCUT2D eigenvalue weighted by Crippen LogP contribution is 2.37. The number of carbonyl (C=O) groups is 1. The first kappa shape index (κ1) is 16.7. The molecular formula is C16H11ClFN3O4. The van der Waals surface area contributed by atoms with Crippen LogP contribution in [0.4, 0.5) is 9.18 Å². The number of benzene rings is 2. The standard InChI is InChI=1S/C16H11ClFN3O4/c1-21-7-20-8-5-6-11(14(18)12(8)15(21)22)24-9-3-2-4-10(13(9)17)25-16(19)23/h2-7H,1H3,(H2,19,23). The number of nitrogens with two attached hydrogens (primary N) is 1. The molecule has 1 heterocycles. The normalized spacial score (nSPS) is 10.7. The minimum Gasteiger partial charge on any atom is -0.453 e. The van der Waals surface area contributed by atoms with E-state index in [2.05, 4.69) is 4.98 Å². The number of amides is 1. The molecule has 0 aliphatic carbocycles. The molecule has 0 spiro atoms. The van der Waals surface area contributed by atoms with Crippen molar-refractivity contribution in [2.45, 2.75) is 0 Å². The molecule has 0 bridgehead atoms. The van der Waals surface area contributed by atoms with Crippen molar-refractivity contribution in [1.29, 1.82) is 0 Å². The third-order valence-corrected chi connectivity index (χ3v) is 3.72. The van der Waals surface area contributed by atoms with Crippen LogP contribution in [0.1, 0.15) is 0 Å². The lowest BCUT2D eigenvalue weighted by molar-refractivity contribution is 0.211. The second-order valence-electron chi connectivity index (χ2n) is 5.02. The van der Waals surface area contributed by atoms with Gasteiger partial charge >= 0.3 is 6.09 Å². The number of primary amides is 1. The zero-order valence-electron chi connectivity index (χ0n) is 12.8. The molecule has 0 aliphatic heterocycles. The lowest BCUT2D eigenvalue weighted by Crippen LogP contribution is -2.18. The van der Waals surface area contributed by atoms with Crippen molar-refractivity contribution in [2.24, 2.45) is 12.8 Å². The molecular weight excluding hydrogens is 353 g/mol. The Labute approximate surface area is 145 Å². The van der Waals surface area contributed by atoms with E-state index in [0.717, 1.165) is 4.57 Å². The molecule has 0 unspecified atom stereocenters. The molecule has 7 nitrogen and oxygen atoms in total. The minimum atomic E-state index is -1.05. The molecule has 0 saturated carbocycles. The summed E-state index contributed by atoms with van der Waals surface area (Å²) < 4.78 is 26.0. The van der Waals surface area contributed by atoms with E-state index in [9.17, 15) is 14.0 Å². The van der Waals surface area contributed by atoms with Crippen molar-refractivity contribution in [3.05, 3.63) is 57.9 Å². The van der Waals surface area contributed by atoms with Gasteiger partial charge in [0.25, 0.3) is 5.56 Å². The van der Waals surface area contributed by atoms with Crippen molar-refractivity contribution >= 4 is 28.6 Å². The van der Waals surface area contributed by atoms with E-state index in [-0.39, 0.29) is 33.2 Å². The second kappa shape index (κ2) is 6.40. The molecule has 25 heavy (non-hydrogen) atoms. The predicted molar refractivity (Wildman–Crippen MR) is 88.7 cm³/mol. The van der Waals surface area contributed by atoms with Gasteiger partial charge in [-0.25, -0.2) is 14.2 Å². The Morgan fingerprint density at radius 2 is 1.96 bits per heavy atom. The maximum Gasteiger partial charge on any atom is 0.410 e. The number of ether oxygens (including phenoxy) is 2. The second-order valence-corrected chi connectivity index (χ2v) is 5.40. The van der Waals surface area contributed by atoms with Crippen LogP contribution in [-0.4, -0.2) is 15.6 Å². The number of halogens is 2. The molecule has 1 aromatic heterocycles. The number of rotatable bonds is 3. The SMILES string of the molecule is Cn1cnc2ccc(Oc3cccc(OC(N)=O)c3Cl)c(F)c2c1=O. The summed E-state index contributed by atoms with van der Waals surface area (Å²) in [4.78, 5) is 27.0. The third kappa shape index (κ3) is 3.11. The molecule has 3 rings (SSSR count). The van der Waals surface area contributed by atoms with Gasteiger partial charge in [-0.15, -0.1) is 0 Å². The van der Waals surface area contributed by atoms with Gasteiger partial charge in [-0.2, -0.15) is 0 Å². The van der Waals surface area contributed by atoms with Gasteiger partial charge in [0.1, 0.15) is 16.2 Å². The van der Waals surface area contributed by atoms with Crippen LogP contribution in [0.5, 0.6) is 17.2 Å². The summed E-state index contributed by atoms with van der Waals surface area (Å²) in [5.41, 5.74) is 4.60. The Morgan fingerprint density at radius 1 is 1.24 bits per heavy atom. The highest BCUT2D eigenvalue weighted by atomic mass is 35.5. The van der Waals surface area contributed by atoms with Crippen LogP contribution in [-0.2, 0) is 7.05 Å². The molecule has 0 aliphatic rings. The summed E-state index contributed by atoms with van der Waals surface area (Å²) in [6.07, 6.45) is 0.247. The first-order valence-electron chi connectivity index (χ1n) is 6.96. The highest BCUT2D eigenvalue weighted by molar-refractivity contribution is 6.33. The smallest absolute Gasteiger partial charge is 0.410 e. The van der Waals surface area contributed by atoms with Gasteiger partial charge in [0.05, 0.1) is 11.8 Å². The Hall–Kier alpha value is -3.13. The predicted octanol–water partition coefficient (Wildman–Crippen LogP) is 2.98. The van der Waals surface area contributed by atoms with E-state index >= 15 is 0 Å². The average Bonchev–Trinajstić information content (AvgIpc) is 2.56. The Bertz CT molecular complexity index is 1050. The number of fused-ring (bicyclic) bond motifs is 1. The monoisotopic (exact) mass is 363 g/mol. The number of carbonyl (C=O) groups excluding carboxylic acids is 1. The zero-order valence-corrected chi connectivity index (χ0v) is 13.6. The van der Waals surface area contributed by atoms with Gasteiger partial charge < -0.3 is 19.8 Å². The Kier molecular flexibility index (Phi) is 4.28. The van der Waals surface area contributed by atoms with Crippen LogP contribution >= 0.6 is 11.6 Å². The van der Waals surface area contributed by atoms with E-state index in [4.69, 9.17) is 26.8 Å². The number of hydrogen-bond acceptors (Lipinski definition) is 5. The number of hydrogen-bond donors (Lipinski definition) is 1. The number of nitrogens with zero attached hydrogens (tertiary/aromatic N) is 2. The fraction of sp³-hybridized carbons (Fsp3) is 0.0625. The van der Waals surface area contributed by atoms with E-state index in [0.29, 0.717) is 0 Å². The van der Waals surface area contributed by atoms with Crippen molar-refractivity contribution < 1.29 is 18.7 Å². The maximum absolute atomic E-state index is 14.7. The van der Waals surface area contributed by atoms with Crippen LogP contribution in [0.2, 0.25) is 5.02 Å². The molecule has 2 N–H and O–H groups in total. The van der Waals surface area contributed by atoms with Gasteiger partial charge in [-0.1, -0.05) is 17.7 Å². The summed E-state index contributed by atoms with van der Waals surface area (Å²) in [6, 6.07) is 7.10. The quantitative estimate of drug-likeness (QED) is 0.771. The Morgan fingerprint density at radius 3 is 2.68 bits per heavy atom. The van der Waals surface area contributed by atoms with Gasteiger partial charge in [0, 0.05) is 7.05 Å². The first-order valence-corrected chi connectivity index (χ1v) is 7.33. The van der Waals surface area contributed by atoms with E-state index in [1.165, 1.54) is 43.7 Å². The zero-order chi connectivity index (χ0) is 18.1. The van der Waals surface area contributed by atoms with Crippen molar-refractivity contribution in [3.8, 4) is 17.2 Å². The highest BCUT2D eigenvalue weighted by Gasteiger charge is 2.17. The van der Waals surface area contributed by atoms with Crippen LogP contribution in [0, 0.1) is 5.82 Å². The lowest BCUT2D eigenvalue weighted by Gasteiger charge is -2.12. The molecule has 3 aromatic rings. The van der Waals surface area contributed by atoms with Crippen molar-refractivity contribution in [3.63, 3.8) is 0 Å². The molecule has 0 fully saturated rings. The molecule has 0 saturated heterocycles. The molecule has 0 atom stereocenters. The van der Waals surface area contributed by atoms with Gasteiger partial charge in [-0.3, -0.25) is 4.79 Å². The number of aromatic nitrogens is 2. The maximum atomic E-state index is 14.7. The third-order valence-electron chi connectivity index (χ3n) is 3.35. The van der Waals surface area contributed by atoms with E-state index < -0.39 is 17.5 Å². The topological polar surface area (TPSA) is 96.4 Å². The average molecular weight is 364 g/mol. The van der Waals surface area contributed by atoms with Crippen molar-refractivity contribution in [2.75, 3.05) is 0 Å². The van der Waals surface area contributed by atoms with Crippen molar-refractivity contribution in [1.82, 2.24) is 9.55 Å². The fourth-order valence-electron chi connectivity index (χ4n) is 2.19. The first-order chi connectivity index (χ1) is 11.9.